The number of benzene rings is 6. The Bertz CT molecular complexity index is 3620. The minimum Gasteiger partial charge on any atom is -0.440 e. The fraction of sp³-hybridized carbons (Fsp3) is 0.493. The predicted octanol–water partition coefficient (Wildman–Crippen LogP) is 19.6. The summed E-state index contributed by atoms with van der Waals surface area (Å²) in [5.41, 5.74) is 27.2. The molecule has 0 fully saturated rings. The van der Waals surface area contributed by atoms with Crippen molar-refractivity contribution < 1.29 is 4.42 Å². The molecular formula is C75H93BN2O. The van der Waals surface area contributed by atoms with Gasteiger partial charge in [-0.15, -0.1) is 0 Å². The van der Waals surface area contributed by atoms with Gasteiger partial charge in [-0.1, -0.05) is 187 Å². The third-order valence-corrected chi connectivity index (χ3v) is 21.4. The van der Waals surface area contributed by atoms with E-state index in [1.807, 2.05) is 0 Å². The minimum absolute atomic E-state index is 0.00101. The summed E-state index contributed by atoms with van der Waals surface area (Å²) in [6.45, 7) is 46.2. The second kappa shape index (κ2) is 17.8. The first-order chi connectivity index (χ1) is 36.9. The van der Waals surface area contributed by atoms with Crippen LogP contribution in [0.5, 0.6) is 0 Å². The molecule has 0 saturated heterocycles. The molecule has 5 aliphatic rings. The van der Waals surface area contributed by atoms with Crippen molar-refractivity contribution in [3.8, 4) is 11.1 Å². The van der Waals surface area contributed by atoms with Crippen LogP contribution in [0.4, 0.5) is 34.3 Å². The molecule has 2 aliphatic heterocycles. The lowest BCUT2D eigenvalue weighted by Crippen LogP contribution is -2.61. The highest BCUT2D eigenvalue weighted by Crippen LogP contribution is 2.55. The van der Waals surface area contributed by atoms with Crippen molar-refractivity contribution in [2.75, 3.05) is 9.80 Å². The Balaban J connectivity index is 1.24. The van der Waals surface area contributed by atoms with Crippen molar-refractivity contribution in [1.29, 1.82) is 0 Å². The molecule has 3 nitrogen and oxygen atoms in total. The van der Waals surface area contributed by atoms with E-state index in [1.54, 1.807) is 0 Å². The van der Waals surface area contributed by atoms with Crippen molar-refractivity contribution in [3.63, 3.8) is 0 Å². The average Bonchev–Trinajstić information content (AvgIpc) is 2.51. The fourth-order valence-corrected chi connectivity index (χ4v) is 15.6. The number of furan rings is 1. The van der Waals surface area contributed by atoms with E-state index in [2.05, 4.69) is 238 Å². The maximum Gasteiger partial charge on any atom is 0.257 e. The van der Waals surface area contributed by atoms with Gasteiger partial charge in [0.1, 0.15) is 5.58 Å². The van der Waals surface area contributed by atoms with Crippen molar-refractivity contribution >= 4 is 68.4 Å². The van der Waals surface area contributed by atoms with Gasteiger partial charge in [0, 0.05) is 39.3 Å². The minimum atomic E-state index is -0.0855. The van der Waals surface area contributed by atoms with Crippen LogP contribution in [0, 0.1) is 0 Å². The molecular weight excluding hydrogens is 956 g/mol. The van der Waals surface area contributed by atoms with E-state index in [9.17, 15) is 0 Å². The second-order valence-electron chi connectivity index (χ2n) is 31.2. The summed E-state index contributed by atoms with van der Waals surface area (Å²) in [5.74, 6) is 0.966. The van der Waals surface area contributed by atoms with Crippen molar-refractivity contribution in [1.82, 2.24) is 0 Å². The molecule has 4 heteroatoms. The Labute approximate surface area is 477 Å². The number of nitrogens with zero attached hydrogens (tertiary/aromatic N) is 2. The second-order valence-corrected chi connectivity index (χ2v) is 31.2. The van der Waals surface area contributed by atoms with E-state index in [0.717, 1.165) is 43.6 Å². The number of hydrogen-bond acceptors (Lipinski definition) is 3. The molecule has 0 amide bonds. The summed E-state index contributed by atoms with van der Waals surface area (Å²) in [6, 6.07) is 40.3. The first kappa shape index (κ1) is 54.1. The quantitative estimate of drug-likeness (QED) is 0.141. The van der Waals surface area contributed by atoms with Crippen LogP contribution in [0.1, 0.15) is 239 Å². The van der Waals surface area contributed by atoms with Gasteiger partial charge < -0.3 is 9.32 Å². The van der Waals surface area contributed by atoms with Crippen LogP contribution in [-0.4, -0.2) is 6.71 Å². The summed E-state index contributed by atoms with van der Waals surface area (Å²) in [6.07, 6.45) is 11.5. The Morgan fingerprint density at radius 1 is 0.481 bits per heavy atom. The van der Waals surface area contributed by atoms with E-state index < -0.39 is 0 Å². The van der Waals surface area contributed by atoms with Gasteiger partial charge in [0.05, 0.1) is 0 Å². The van der Waals surface area contributed by atoms with Crippen LogP contribution in [0.15, 0.2) is 101 Å². The Kier molecular flexibility index (Phi) is 12.2. The maximum atomic E-state index is 7.83. The van der Waals surface area contributed by atoms with Gasteiger partial charge in [-0.25, -0.2) is 0 Å². The van der Waals surface area contributed by atoms with E-state index in [1.165, 1.54) is 144 Å². The molecule has 0 N–H and O–H groups in total. The van der Waals surface area contributed by atoms with Gasteiger partial charge >= 0.3 is 0 Å². The lowest BCUT2D eigenvalue weighted by atomic mass is 9.33. The van der Waals surface area contributed by atoms with Crippen LogP contribution in [0.2, 0.25) is 0 Å². The van der Waals surface area contributed by atoms with Gasteiger partial charge in [-0.3, -0.25) is 4.90 Å². The number of anilines is 6. The lowest BCUT2D eigenvalue weighted by Gasteiger charge is -2.47. The van der Waals surface area contributed by atoms with E-state index in [0.29, 0.717) is 0 Å². The number of rotatable bonds is 8. The fourth-order valence-electron chi connectivity index (χ4n) is 15.6. The Hall–Kier alpha value is -5.48. The highest BCUT2D eigenvalue weighted by Gasteiger charge is 2.50. The summed E-state index contributed by atoms with van der Waals surface area (Å²) >= 11 is 0. The SMILES string of the molecule is CCCCC(C)(C)c1cc2oc3c(c2cc1CC)B1c2cc4c(cc2N(c2ccc(C(C)(C)C)cc2)c2cc(-c5ccc6c(c5)C(C)(C)CCC6(C)C)cc(c21)N3c1ccc2c(c1)C(C)(C)CCC2(C)C)C(C)(C)CCC4(C)C. The summed E-state index contributed by atoms with van der Waals surface area (Å²) < 4.78 is 7.83. The van der Waals surface area contributed by atoms with Crippen LogP contribution in [0.3, 0.4) is 0 Å². The molecule has 0 bridgehead atoms. The maximum absolute atomic E-state index is 7.83. The normalized spacial score (nSPS) is 19.8. The van der Waals surface area contributed by atoms with Crippen molar-refractivity contribution in [2.24, 2.45) is 0 Å². The van der Waals surface area contributed by atoms with Gasteiger partial charge in [-0.2, -0.15) is 0 Å². The lowest BCUT2D eigenvalue weighted by molar-refractivity contribution is 0.332. The molecule has 3 aliphatic carbocycles. The van der Waals surface area contributed by atoms with Crippen molar-refractivity contribution in [3.05, 3.63) is 147 Å². The molecule has 0 saturated carbocycles. The van der Waals surface area contributed by atoms with Crippen LogP contribution >= 0.6 is 0 Å². The molecule has 412 valence electrons. The van der Waals surface area contributed by atoms with E-state index >= 15 is 0 Å². The van der Waals surface area contributed by atoms with Crippen molar-refractivity contribution in [2.45, 2.75) is 239 Å². The molecule has 12 rings (SSSR count). The zero-order valence-corrected chi connectivity index (χ0v) is 52.2. The molecule has 0 unspecified atom stereocenters. The number of hydrogen-bond donors (Lipinski definition) is 0. The first-order valence-electron chi connectivity index (χ1n) is 30.9. The Morgan fingerprint density at radius 3 is 1.54 bits per heavy atom. The molecule has 0 atom stereocenters. The predicted molar refractivity (Wildman–Crippen MR) is 342 cm³/mol. The highest BCUT2D eigenvalue weighted by atomic mass is 16.4. The average molecular weight is 1050 g/mol. The van der Waals surface area contributed by atoms with Gasteiger partial charge in [0.2, 0.25) is 5.88 Å². The molecule has 0 radical (unpaired) electrons. The van der Waals surface area contributed by atoms with E-state index in [-0.39, 0.29) is 50.0 Å². The zero-order valence-electron chi connectivity index (χ0n) is 52.2. The molecule has 7 aromatic rings. The first-order valence-corrected chi connectivity index (χ1v) is 30.9. The third kappa shape index (κ3) is 8.46. The summed E-state index contributed by atoms with van der Waals surface area (Å²) in [4.78, 5) is 5.29. The monoisotopic (exact) mass is 1050 g/mol. The standard InChI is InChI=1S/C75H93BN2O/c1-20-22-31-69(6,7)55-45-64-52(38-46(55)21-2)65-67(79-64)78(51-28-30-54-57(42-51)73(14,15)35-33-71(54,10)11)63-41-48(47-23-29-53-56(39-47)72(12,13)34-32-70(53,8)9)40-62-66(63)76(65)60-43-58-59(75(18,19)37-36-74(58,16)17)44-61(60)77(62)50-26-24-49(25-27-50)68(3,4)5/h23-30,38-45H,20-22,31-37H2,1-19H3. The van der Waals surface area contributed by atoms with E-state index in [4.69, 9.17) is 4.42 Å². The van der Waals surface area contributed by atoms with Crippen LogP contribution in [0.25, 0.3) is 22.1 Å². The molecule has 1 aromatic heterocycles. The largest absolute Gasteiger partial charge is 0.440 e. The number of aryl methyl sites for hydroxylation is 1. The topological polar surface area (TPSA) is 19.6 Å². The number of unbranched alkanes of at least 4 members (excludes halogenated alkanes) is 1. The Morgan fingerprint density at radius 2 is 0.987 bits per heavy atom. The van der Waals surface area contributed by atoms with Gasteiger partial charge in [-0.05, 0) is 221 Å². The molecule has 0 spiro atoms. The molecule has 79 heavy (non-hydrogen) atoms. The summed E-state index contributed by atoms with van der Waals surface area (Å²) in [7, 11) is 0. The smallest absolute Gasteiger partial charge is 0.257 e. The summed E-state index contributed by atoms with van der Waals surface area (Å²) in [5, 5.41) is 1.25. The van der Waals surface area contributed by atoms with Gasteiger partial charge in [0.25, 0.3) is 6.71 Å². The van der Waals surface area contributed by atoms with Gasteiger partial charge in [0.15, 0.2) is 0 Å². The van der Waals surface area contributed by atoms with Crippen LogP contribution < -0.4 is 26.2 Å². The molecule has 6 aromatic carbocycles. The van der Waals surface area contributed by atoms with Crippen LogP contribution in [-0.2, 0) is 49.7 Å². The highest BCUT2D eigenvalue weighted by molar-refractivity contribution is 7.01. The zero-order chi connectivity index (χ0) is 56.5. The third-order valence-electron chi connectivity index (χ3n) is 21.4. The number of fused-ring (bicyclic) bond motifs is 9. The molecule has 3 heterocycles.